The maximum absolute atomic E-state index is 12.6. The first kappa shape index (κ1) is 21.9. The van der Waals surface area contributed by atoms with E-state index in [1.54, 1.807) is 48.5 Å². The van der Waals surface area contributed by atoms with Crippen LogP contribution in [0.1, 0.15) is 27.4 Å². The first-order valence-corrected chi connectivity index (χ1v) is 11.1. The van der Waals surface area contributed by atoms with Gasteiger partial charge in [-0.25, -0.2) is 4.79 Å². The van der Waals surface area contributed by atoms with E-state index in [2.05, 4.69) is 6.07 Å². The van der Waals surface area contributed by atoms with Crippen LogP contribution >= 0.6 is 0 Å². The van der Waals surface area contributed by atoms with Gasteiger partial charge in [-0.1, -0.05) is 36.4 Å². The van der Waals surface area contributed by atoms with Crippen molar-refractivity contribution in [2.75, 3.05) is 7.11 Å². The molecular weight excluding hydrogens is 444 g/mol. The van der Waals surface area contributed by atoms with Gasteiger partial charge >= 0.3 is 16.1 Å². The number of nitrogens with zero attached hydrogens (tertiary/aromatic N) is 1. The van der Waals surface area contributed by atoms with E-state index in [1.807, 2.05) is 0 Å². The van der Waals surface area contributed by atoms with E-state index in [0.29, 0.717) is 16.7 Å². The van der Waals surface area contributed by atoms with Crippen LogP contribution < -0.4 is 14.7 Å². The fraction of sp³-hybridized carbons (Fsp3) is 0.0833. The van der Waals surface area contributed by atoms with Crippen LogP contribution in [0.25, 0.3) is 0 Å². The molecule has 0 spiro atoms. The second-order valence-corrected chi connectivity index (χ2v) is 8.63. The second-order valence-electron chi connectivity index (χ2n) is 7.09. The van der Waals surface area contributed by atoms with Gasteiger partial charge in [0.2, 0.25) is 5.88 Å². The number of ether oxygens (including phenoxy) is 2. The topological polar surface area (TPSA) is 129 Å². The summed E-state index contributed by atoms with van der Waals surface area (Å²) in [6, 6.07) is 20.9. The van der Waals surface area contributed by atoms with Gasteiger partial charge in [-0.2, -0.15) is 13.7 Å². The molecule has 1 atom stereocenters. The van der Waals surface area contributed by atoms with Crippen molar-refractivity contribution >= 4 is 16.1 Å². The molecule has 2 N–H and O–H groups in total. The summed E-state index contributed by atoms with van der Waals surface area (Å²) in [7, 11) is -2.75. The zero-order valence-electron chi connectivity index (χ0n) is 17.4. The van der Waals surface area contributed by atoms with E-state index in [4.69, 9.17) is 19.4 Å². The Labute approximate surface area is 190 Å². The SMILES string of the molecule is COC(=O)c1ccc(C2C(C#N)=C(N)Oc3cc(OS(=O)(=O)c4ccccc4)ccc32)cc1. The summed E-state index contributed by atoms with van der Waals surface area (Å²) in [5.41, 5.74) is 7.84. The first-order chi connectivity index (χ1) is 15.8. The van der Waals surface area contributed by atoms with Gasteiger partial charge in [0.1, 0.15) is 28.0 Å². The number of hydrogen-bond donors (Lipinski definition) is 1. The Morgan fingerprint density at radius 3 is 2.39 bits per heavy atom. The van der Waals surface area contributed by atoms with E-state index < -0.39 is 22.0 Å². The molecule has 0 radical (unpaired) electrons. The van der Waals surface area contributed by atoms with Crippen LogP contribution in [-0.4, -0.2) is 21.5 Å². The van der Waals surface area contributed by atoms with Crippen LogP contribution in [0.4, 0.5) is 0 Å². The largest absolute Gasteiger partial charge is 0.465 e. The molecule has 9 heteroatoms. The molecule has 8 nitrogen and oxygen atoms in total. The van der Waals surface area contributed by atoms with E-state index in [1.165, 1.54) is 31.4 Å². The summed E-state index contributed by atoms with van der Waals surface area (Å²) >= 11 is 0. The Hall–Kier alpha value is -4.29. The van der Waals surface area contributed by atoms with Crippen molar-refractivity contribution in [2.45, 2.75) is 10.8 Å². The lowest BCUT2D eigenvalue weighted by molar-refractivity contribution is 0.0600. The highest BCUT2D eigenvalue weighted by atomic mass is 32.2. The van der Waals surface area contributed by atoms with E-state index in [9.17, 15) is 18.5 Å². The maximum atomic E-state index is 12.6. The van der Waals surface area contributed by atoms with Gasteiger partial charge < -0.3 is 19.4 Å². The van der Waals surface area contributed by atoms with Crippen molar-refractivity contribution in [1.29, 1.82) is 5.26 Å². The summed E-state index contributed by atoms with van der Waals surface area (Å²) in [4.78, 5) is 11.8. The number of nitrogens with two attached hydrogens (primary N) is 1. The molecule has 0 saturated heterocycles. The van der Waals surface area contributed by atoms with Gasteiger partial charge in [-0.15, -0.1) is 0 Å². The highest BCUT2D eigenvalue weighted by Gasteiger charge is 2.31. The molecule has 1 aliphatic heterocycles. The minimum absolute atomic E-state index is 0.0124. The van der Waals surface area contributed by atoms with Gasteiger partial charge in [0, 0.05) is 11.6 Å². The quantitative estimate of drug-likeness (QED) is 0.451. The van der Waals surface area contributed by atoms with Crippen LogP contribution in [-0.2, 0) is 14.9 Å². The standard InChI is InChI=1S/C24H18N2O6S/c1-30-24(27)16-9-7-15(8-10-16)22-19-12-11-17(13-21(19)31-23(26)20(22)14-25)32-33(28,29)18-5-3-2-4-6-18/h2-13,22H,26H2,1H3. The molecule has 4 rings (SSSR count). The van der Waals surface area contributed by atoms with Crippen LogP contribution in [0.3, 0.4) is 0 Å². The number of carbonyl (C=O) groups excluding carboxylic acids is 1. The zero-order chi connectivity index (χ0) is 23.6. The molecule has 0 fully saturated rings. The molecule has 0 bridgehead atoms. The number of methoxy groups -OCH3 is 1. The highest BCUT2D eigenvalue weighted by Crippen LogP contribution is 2.43. The van der Waals surface area contributed by atoms with Gasteiger partial charge in [0.15, 0.2) is 0 Å². The predicted octanol–water partition coefficient (Wildman–Crippen LogP) is 3.46. The second kappa shape index (κ2) is 8.68. The predicted molar refractivity (Wildman–Crippen MR) is 118 cm³/mol. The van der Waals surface area contributed by atoms with E-state index in [-0.39, 0.29) is 27.9 Å². The Bertz CT molecular complexity index is 1390. The molecule has 0 aromatic heterocycles. The Balaban J connectivity index is 1.72. The van der Waals surface area contributed by atoms with Crippen molar-refractivity contribution in [2.24, 2.45) is 5.73 Å². The number of esters is 1. The molecule has 33 heavy (non-hydrogen) atoms. The van der Waals surface area contributed by atoms with Crippen LogP contribution in [0.2, 0.25) is 0 Å². The molecule has 0 saturated carbocycles. The van der Waals surface area contributed by atoms with Gasteiger partial charge in [-0.3, -0.25) is 0 Å². The number of nitriles is 1. The number of fused-ring (bicyclic) bond motifs is 1. The van der Waals surface area contributed by atoms with Crippen LogP contribution in [0.15, 0.2) is 89.1 Å². The molecule has 166 valence electrons. The summed E-state index contributed by atoms with van der Waals surface area (Å²) in [6.45, 7) is 0. The Morgan fingerprint density at radius 1 is 1.06 bits per heavy atom. The van der Waals surface area contributed by atoms with Crippen molar-refractivity contribution in [3.8, 4) is 17.6 Å². The average Bonchev–Trinajstić information content (AvgIpc) is 2.83. The van der Waals surface area contributed by atoms with Crippen LogP contribution in [0, 0.1) is 11.3 Å². The molecule has 1 unspecified atom stereocenters. The molecule has 0 aliphatic carbocycles. The summed E-state index contributed by atoms with van der Waals surface area (Å²) in [5.74, 6) is -0.869. The Morgan fingerprint density at radius 2 is 1.76 bits per heavy atom. The van der Waals surface area contributed by atoms with Crippen molar-refractivity contribution in [3.05, 3.63) is 101 Å². The minimum Gasteiger partial charge on any atom is -0.465 e. The Kier molecular flexibility index (Phi) is 5.77. The summed E-state index contributed by atoms with van der Waals surface area (Å²) < 4.78 is 40.7. The molecule has 3 aromatic carbocycles. The first-order valence-electron chi connectivity index (χ1n) is 9.73. The molecule has 1 heterocycles. The lowest BCUT2D eigenvalue weighted by Gasteiger charge is -2.26. The summed E-state index contributed by atoms with van der Waals surface area (Å²) in [6.07, 6.45) is 0. The molecule has 1 aliphatic rings. The monoisotopic (exact) mass is 462 g/mol. The van der Waals surface area contributed by atoms with Gasteiger partial charge in [0.05, 0.1) is 18.6 Å². The average molecular weight is 462 g/mol. The maximum Gasteiger partial charge on any atom is 0.339 e. The van der Waals surface area contributed by atoms with Crippen LogP contribution in [0.5, 0.6) is 11.5 Å². The summed E-state index contributed by atoms with van der Waals surface area (Å²) in [5, 5.41) is 9.69. The van der Waals surface area contributed by atoms with E-state index in [0.717, 1.165) is 0 Å². The number of benzene rings is 3. The number of hydrogen-bond acceptors (Lipinski definition) is 8. The van der Waals surface area contributed by atoms with Gasteiger partial charge in [0.25, 0.3) is 0 Å². The van der Waals surface area contributed by atoms with Crippen molar-refractivity contribution in [1.82, 2.24) is 0 Å². The minimum atomic E-state index is -4.04. The lowest BCUT2D eigenvalue weighted by atomic mass is 9.83. The fourth-order valence-electron chi connectivity index (χ4n) is 3.52. The third kappa shape index (κ3) is 4.24. The number of allylic oxidation sites excluding steroid dienone is 1. The molecule has 0 amide bonds. The smallest absolute Gasteiger partial charge is 0.339 e. The van der Waals surface area contributed by atoms with Gasteiger partial charge in [-0.05, 0) is 35.9 Å². The number of carbonyl (C=O) groups is 1. The van der Waals surface area contributed by atoms with Crippen molar-refractivity contribution in [3.63, 3.8) is 0 Å². The fourth-order valence-corrected chi connectivity index (χ4v) is 4.47. The highest BCUT2D eigenvalue weighted by molar-refractivity contribution is 7.87. The molecular formula is C24H18N2O6S. The molecule has 3 aromatic rings. The van der Waals surface area contributed by atoms with Crippen molar-refractivity contribution < 1.29 is 26.9 Å². The number of rotatable bonds is 5. The third-order valence-electron chi connectivity index (χ3n) is 5.09. The zero-order valence-corrected chi connectivity index (χ0v) is 18.2. The third-order valence-corrected chi connectivity index (χ3v) is 6.35. The lowest BCUT2D eigenvalue weighted by Crippen LogP contribution is -2.21. The normalized spacial score (nSPS) is 15.1. The van der Waals surface area contributed by atoms with E-state index >= 15 is 0 Å².